The Hall–Kier alpha value is -1.66. The minimum absolute atomic E-state index is 0.209. The normalized spacial score (nSPS) is 20.6. The second kappa shape index (κ2) is 6.92. The van der Waals surface area contributed by atoms with Crippen molar-refractivity contribution in [2.75, 3.05) is 26.7 Å². The summed E-state index contributed by atoms with van der Waals surface area (Å²) in [6, 6.07) is 4.54. The number of carbonyl (C=O) groups excluding carboxylic acids is 1. The topological polar surface area (TPSA) is 41.4 Å². The molecule has 3 heterocycles. The van der Waals surface area contributed by atoms with Crippen molar-refractivity contribution in [2.24, 2.45) is 5.92 Å². The predicted octanol–water partition coefficient (Wildman–Crippen LogP) is 3.18. The number of likely N-dealkylation sites (tertiary alicyclic amines) is 1. The molecule has 1 aliphatic carbocycles. The molecule has 2 aromatic heterocycles. The summed E-state index contributed by atoms with van der Waals surface area (Å²) in [5, 5.41) is 0. The van der Waals surface area contributed by atoms with Gasteiger partial charge in [-0.15, -0.1) is 11.3 Å². The van der Waals surface area contributed by atoms with Crippen molar-refractivity contribution in [3.8, 4) is 0 Å². The molecule has 1 saturated carbocycles. The van der Waals surface area contributed by atoms with Crippen molar-refractivity contribution in [1.29, 1.82) is 0 Å². The molecule has 0 bridgehead atoms. The molecule has 0 spiro atoms. The van der Waals surface area contributed by atoms with Crippen LogP contribution < -0.4 is 0 Å². The summed E-state index contributed by atoms with van der Waals surface area (Å²) < 4.78 is 2.17. The van der Waals surface area contributed by atoms with Crippen LogP contribution in [0, 0.1) is 12.8 Å². The van der Waals surface area contributed by atoms with Crippen LogP contribution in [0.25, 0.3) is 0 Å². The number of aromatic nitrogens is 2. The highest BCUT2D eigenvalue weighted by molar-refractivity contribution is 7.09. The predicted molar refractivity (Wildman–Crippen MR) is 99.9 cm³/mol. The summed E-state index contributed by atoms with van der Waals surface area (Å²) in [6.07, 6.45) is 5.57. The fourth-order valence-electron chi connectivity index (χ4n) is 3.80. The van der Waals surface area contributed by atoms with Gasteiger partial charge in [0.15, 0.2) is 0 Å². The van der Waals surface area contributed by atoms with Crippen LogP contribution >= 0.6 is 11.3 Å². The molecule has 0 unspecified atom stereocenters. The molecule has 25 heavy (non-hydrogen) atoms. The van der Waals surface area contributed by atoms with E-state index in [0.717, 1.165) is 44.0 Å². The number of rotatable bonds is 6. The lowest BCUT2D eigenvalue weighted by Gasteiger charge is -2.21. The maximum absolute atomic E-state index is 12.9. The number of nitrogens with zero attached hydrogens (tertiary/aromatic N) is 4. The SMILES string of the molecule is Cc1ncsc1CN(C)C[C@H]1CCN(C(=O)c2cccn2C2CC2)C1. The Bertz CT molecular complexity index is 748. The van der Waals surface area contributed by atoms with Crippen LogP contribution in [0.15, 0.2) is 23.8 Å². The zero-order valence-corrected chi connectivity index (χ0v) is 15.8. The van der Waals surface area contributed by atoms with Gasteiger partial charge in [-0.1, -0.05) is 0 Å². The summed E-state index contributed by atoms with van der Waals surface area (Å²) in [7, 11) is 2.17. The van der Waals surface area contributed by atoms with Gasteiger partial charge in [-0.25, -0.2) is 4.98 Å². The molecule has 4 rings (SSSR count). The molecule has 0 aromatic carbocycles. The molecule has 5 nitrogen and oxygen atoms in total. The van der Waals surface area contributed by atoms with E-state index >= 15 is 0 Å². The largest absolute Gasteiger partial charge is 0.340 e. The molecule has 2 aromatic rings. The highest BCUT2D eigenvalue weighted by Crippen LogP contribution is 2.36. The van der Waals surface area contributed by atoms with Crippen LogP contribution in [0.4, 0.5) is 0 Å². The Kier molecular flexibility index (Phi) is 4.65. The van der Waals surface area contributed by atoms with Gasteiger partial charge in [0.05, 0.1) is 11.2 Å². The van der Waals surface area contributed by atoms with Gasteiger partial charge in [-0.2, -0.15) is 0 Å². The van der Waals surface area contributed by atoms with E-state index in [1.54, 1.807) is 11.3 Å². The van der Waals surface area contributed by atoms with E-state index in [4.69, 9.17) is 0 Å². The minimum atomic E-state index is 0.209. The monoisotopic (exact) mass is 358 g/mol. The van der Waals surface area contributed by atoms with E-state index in [-0.39, 0.29) is 5.91 Å². The van der Waals surface area contributed by atoms with Crippen LogP contribution in [0.2, 0.25) is 0 Å². The molecule has 0 N–H and O–H groups in total. The van der Waals surface area contributed by atoms with Crippen LogP contribution in [0.3, 0.4) is 0 Å². The van der Waals surface area contributed by atoms with Gasteiger partial charge in [0.2, 0.25) is 0 Å². The fraction of sp³-hybridized carbons (Fsp3) is 0.579. The summed E-state index contributed by atoms with van der Waals surface area (Å²) >= 11 is 1.73. The molecule has 1 saturated heterocycles. The number of amides is 1. The van der Waals surface area contributed by atoms with Gasteiger partial charge in [-0.3, -0.25) is 4.79 Å². The van der Waals surface area contributed by atoms with E-state index in [0.29, 0.717) is 12.0 Å². The smallest absolute Gasteiger partial charge is 0.270 e. The first-order valence-corrected chi connectivity index (χ1v) is 10.0. The van der Waals surface area contributed by atoms with Crippen molar-refractivity contribution in [2.45, 2.75) is 38.8 Å². The van der Waals surface area contributed by atoms with Gasteiger partial charge in [-0.05, 0) is 51.3 Å². The van der Waals surface area contributed by atoms with Crippen molar-refractivity contribution in [3.05, 3.63) is 40.1 Å². The summed E-state index contributed by atoms with van der Waals surface area (Å²) in [5.41, 5.74) is 3.93. The van der Waals surface area contributed by atoms with Gasteiger partial charge in [0.25, 0.3) is 5.91 Å². The lowest BCUT2D eigenvalue weighted by molar-refractivity contribution is 0.0773. The Morgan fingerprint density at radius 3 is 2.96 bits per heavy atom. The highest BCUT2D eigenvalue weighted by Gasteiger charge is 2.32. The molecule has 134 valence electrons. The van der Waals surface area contributed by atoms with E-state index in [2.05, 4.69) is 34.6 Å². The van der Waals surface area contributed by atoms with Crippen LogP contribution in [0.1, 0.15) is 46.4 Å². The first-order valence-electron chi connectivity index (χ1n) is 9.15. The molecule has 1 amide bonds. The van der Waals surface area contributed by atoms with Gasteiger partial charge < -0.3 is 14.4 Å². The highest BCUT2D eigenvalue weighted by atomic mass is 32.1. The zero-order chi connectivity index (χ0) is 17.4. The molecule has 1 aliphatic heterocycles. The van der Waals surface area contributed by atoms with Crippen LogP contribution in [-0.4, -0.2) is 51.9 Å². The molecule has 0 radical (unpaired) electrons. The summed E-state index contributed by atoms with van der Waals surface area (Å²) in [6.45, 7) is 5.81. The van der Waals surface area contributed by atoms with E-state index in [9.17, 15) is 4.79 Å². The third-order valence-electron chi connectivity index (χ3n) is 5.34. The average molecular weight is 359 g/mol. The van der Waals surface area contributed by atoms with Crippen molar-refractivity contribution in [3.63, 3.8) is 0 Å². The Balaban J connectivity index is 1.32. The first kappa shape index (κ1) is 16.8. The zero-order valence-electron chi connectivity index (χ0n) is 15.0. The summed E-state index contributed by atoms with van der Waals surface area (Å²) in [5.74, 6) is 0.770. The molecule has 1 atom stereocenters. The van der Waals surface area contributed by atoms with E-state index < -0.39 is 0 Å². The van der Waals surface area contributed by atoms with Crippen molar-refractivity contribution < 1.29 is 4.79 Å². The van der Waals surface area contributed by atoms with Gasteiger partial charge in [0.1, 0.15) is 5.69 Å². The number of thiazole rings is 1. The number of carbonyl (C=O) groups is 1. The quantitative estimate of drug-likeness (QED) is 0.796. The van der Waals surface area contributed by atoms with E-state index in [1.165, 1.54) is 17.7 Å². The third kappa shape index (κ3) is 3.65. The summed E-state index contributed by atoms with van der Waals surface area (Å²) in [4.78, 5) is 23.0. The first-order chi connectivity index (χ1) is 12.1. The molecular formula is C19H26N4OS. The average Bonchev–Trinajstić information content (AvgIpc) is 2.98. The molecule has 2 aliphatic rings. The van der Waals surface area contributed by atoms with Crippen LogP contribution in [0.5, 0.6) is 0 Å². The Morgan fingerprint density at radius 2 is 2.24 bits per heavy atom. The number of hydrogen-bond acceptors (Lipinski definition) is 4. The lowest BCUT2D eigenvalue weighted by Crippen LogP contribution is -2.32. The third-order valence-corrected chi connectivity index (χ3v) is 6.26. The number of aryl methyl sites for hydroxylation is 1. The maximum Gasteiger partial charge on any atom is 0.270 e. The van der Waals surface area contributed by atoms with Crippen molar-refractivity contribution in [1.82, 2.24) is 19.4 Å². The lowest BCUT2D eigenvalue weighted by atomic mass is 10.1. The van der Waals surface area contributed by atoms with E-state index in [1.807, 2.05) is 22.5 Å². The maximum atomic E-state index is 12.9. The second-order valence-electron chi connectivity index (χ2n) is 7.50. The Labute approximate surface area is 153 Å². The second-order valence-corrected chi connectivity index (χ2v) is 8.43. The number of hydrogen-bond donors (Lipinski definition) is 0. The minimum Gasteiger partial charge on any atom is -0.340 e. The van der Waals surface area contributed by atoms with Crippen molar-refractivity contribution >= 4 is 17.2 Å². The molecular weight excluding hydrogens is 332 g/mol. The standard InChI is InChI=1S/C19H26N4OS/c1-14-18(25-13-20-14)12-21(2)10-15-7-9-22(11-15)19(24)17-4-3-8-23(17)16-5-6-16/h3-4,8,13,15-16H,5-7,9-12H2,1-2H3/t15-/m1/s1. The Morgan fingerprint density at radius 1 is 1.40 bits per heavy atom. The molecule has 6 heteroatoms. The van der Waals surface area contributed by atoms with Gasteiger partial charge in [0, 0.05) is 43.3 Å². The molecule has 2 fully saturated rings. The fourth-order valence-corrected chi connectivity index (χ4v) is 4.66. The van der Waals surface area contributed by atoms with Gasteiger partial charge >= 0.3 is 0 Å². The van der Waals surface area contributed by atoms with Crippen LogP contribution in [-0.2, 0) is 6.54 Å².